The highest BCUT2D eigenvalue weighted by Gasteiger charge is 2.08. The van der Waals surface area contributed by atoms with Gasteiger partial charge in [0.05, 0.1) is 6.61 Å². The molecule has 1 amide bonds. The van der Waals surface area contributed by atoms with Gasteiger partial charge >= 0.3 is 0 Å². The molecule has 0 saturated carbocycles. The van der Waals surface area contributed by atoms with E-state index in [1.807, 2.05) is 43.3 Å². The number of nitrogens with one attached hydrogen (secondary N) is 2. The van der Waals surface area contributed by atoms with Crippen molar-refractivity contribution in [2.75, 3.05) is 11.9 Å². The number of aryl methyl sites for hydroxylation is 1. The summed E-state index contributed by atoms with van der Waals surface area (Å²) in [6.45, 7) is 4.74. The molecule has 4 rings (SSSR count). The molecule has 1 aromatic heterocycles. The summed E-state index contributed by atoms with van der Waals surface area (Å²) in [5.41, 5.74) is 5.20. The smallest absolute Gasteiger partial charge is 0.248 e. The van der Waals surface area contributed by atoms with E-state index < -0.39 is 0 Å². The van der Waals surface area contributed by atoms with Crippen LogP contribution in [0.1, 0.15) is 25.0 Å². The lowest BCUT2D eigenvalue weighted by atomic mass is 10.1. The van der Waals surface area contributed by atoms with Gasteiger partial charge in [0.1, 0.15) is 5.75 Å². The number of ether oxygens (including phenoxy) is 1. The zero-order valence-corrected chi connectivity index (χ0v) is 16.7. The number of hydrogen-bond acceptors (Lipinski definition) is 2. The van der Waals surface area contributed by atoms with Gasteiger partial charge in [-0.15, -0.1) is 0 Å². The monoisotopic (exact) mass is 384 g/mol. The maximum absolute atomic E-state index is 12.3. The summed E-state index contributed by atoms with van der Waals surface area (Å²) in [7, 11) is 0. The average Bonchev–Trinajstić information content (AvgIpc) is 3.11. The number of para-hydroxylation sites is 1. The summed E-state index contributed by atoms with van der Waals surface area (Å²) in [6, 6.07) is 20.0. The maximum Gasteiger partial charge on any atom is 0.248 e. The van der Waals surface area contributed by atoms with Crippen molar-refractivity contribution in [2.24, 2.45) is 0 Å². The number of hydrogen-bond donors (Lipinski definition) is 2. The Labute approximate surface area is 170 Å². The summed E-state index contributed by atoms with van der Waals surface area (Å²) < 4.78 is 5.43. The van der Waals surface area contributed by atoms with Crippen molar-refractivity contribution in [3.05, 3.63) is 77.9 Å². The molecule has 0 aliphatic rings. The lowest BCUT2D eigenvalue weighted by molar-refractivity contribution is -0.111. The number of fused-ring (bicyclic) bond motifs is 3. The van der Waals surface area contributed by atoms with Crippen molar-refractivity contribution in [1.82, 2.24) is 4.98 Å². The Morgan fingerprint density at radius 1 is 1.03 bits per heavy atom. The number of amides is 1. The predicted molar refractivity (Wildman–Crippen MR) is 120 cm³/mol. The van der Waals surface area contributed by atoms with Crippen LogP contribution in [0.15, 0.2) is 66.7 Å². The van der Waals surface area contributed by atoms with E-state index in [1.54, 1.807) is 12.2 Å². The molecule has 0 fully saturated rings. The average molecular weight is 384 g/mol. The van der Waals surface area contributed by atoms with Crippen LogP contribution in [0, 0.1) is 0 Å². The first-order chi connectivity index (χ1) is 14.2. The Balaban J connectivity index is 1.51. The van der Waals surface area contributed by atoms with E-state index in [2.05, 4.69) is 41.5 Å². The van der Waals surface area contributed by atoms with Gasteiger partial charge in [0.2, 0.25) is 5.91 Å². The van der Waals surface area contributed by atoms with Crippen LogP contribution >= 0.6 is 0 Å². The molecule has 0 atom stereocenters. The van der Waals surface area contributed by atoms with Gasteiger partial charge in [0.25, 0.3) is 0 Å². The molecule has 29 heavy (non-hydrogen) atoms. The lowest BCUT2D eigenvalue weighted by Gasteiger charge is -2.03. The first-order valence-electron chi connectivity index (χ1n) is 9.93. The molecule has 0 unspecified atom stereocenters. The molecular weight excluding hydrogens is 360 g/mol. The second kappa shape index (κ2) is 8.23. The number of carbonyl (C=O) groups excluding carboxylic acids is 1. The van der Waals surface area contributed by atoms with Crippen molar-refractivity contribution in [3.63, 3.8) is 0 Å². The van der Waals surface area contributed by atoms with Crippen LogP contribution in [0.3, 0.4) is 0 Å². The fraction of sp³-hybridized carbons (Fsp3) is 0.160. The zero-order valence-electron chi connectivity index (χ0n) is 16.7. The Hall–Kier alpha value is -3.53. The molecular formula is C25H24N2O2. The summed E-state index contributed by atoms with van der Waals surface area (Å²) >= 11 is 0. The summed E-state index contributed by atoms with van der Waals surface area (Å²) in [6.07, 6.45) is 4.31. The van der Waals surface area contributed by atoms with E-state index in [0.717, 1.165) is 28.9 Å². The Morgan fingerprint density at radius 3 is 2.62 bits per heavy atom. The molecule has 4 aromatic rings. The standard InChI is InChI=1S/C25H24N2O2/c1-3-18-6-5-7-22-21-14-11-19(16-23(21)27-25(18)22)26-24(28)15-10-17-8-12-20(13-9-17)29-4-2/h5-16,27H,3-4H2,1-2H3,(H,26,28)/b15-10+. The lowest BCUT2D eigenvalue weighted by Crippen LogP contribution is -2.07. The minimum absolute atomic E-state index is 0.163. The number of aromatic nitrogens is 1. The second-order valence-electron chi connectivity index (χ2n) is 6.90. The van der Waals surface area contributed by atoms with Crippen LogP contribution < -0.4 is 10.1 Å². The molecule has 3 aromatic carbocycles. The summed E-state index contributed by atoms with van der Waals surface area (Å²) in [5.74, 6) is 0.663. The van der Waals surface area contributed by atoms with E-state index in [9.17, 15) is 4.79 Å². The van der Waals surface area contributed by atoms with Gasteiger partial charge in [-0.25, -0.2) is 0 Å². The van der Waals surface area contributed by atoms with Gasteiger partial charge in [-0.1, -0.05) is 43.3 Å². The van der Waals surface area contributed by atoms with Crippen LogP contribution in [-0.4, -0.2) is 17.5 Å². The Bertz CT molecular complexity index is 1190. The fourth-order valence-corrected chi connectivity index (χ4v) is 3.56. The highest BCUT2D eigenvalue weighted by Crippen LogP contribution is 2.29. The largest absolute Gasteiger partial charge is 0.494 e. The van der Waals surface area contributed by atoms with Gasteiger partial charge in [0, 0.05) is 33.6 Å². The molecule has 0 aliphatic carbocycles. The van der Waals surface area contributed by atoms with E-state index in [-0.39, 0.29) is 5.91 Å². The molecule has 1 heterocycles. The van der Waals surface area contributed by atoms with Crippen molar-refractivity contribution >= 4 is 39.5 Å². The number of carbonyl (C=O) groups is 1. The third-order valence-corrected chi connectivity index (χ3v) is 4.99. The topological polar surface area (TPSA) is 54.1 Å². The van der Waals surface area contributed by atoms with Gasteiger partial charge in [-0.05, 0) is 54.8 Å². The zero-order chi connectivity index (χ0) is 20.2. The van der Waals surface area contributed by atoms with Crippen LogP contribution in [0.5, 0.6) is 5.75 Å². The van der Waals surface area contributed by atoms with E-state index in [0.29, 0.717) is 6.61 Å². The molecule has 0 bridgehead atoms. The third-order valence-electron chi connectivity index (χ3n) is 4.99. The van der Waals surface area contributed by atoms with Gasteiger partial charge in [-0.2, -0.15) is 0 Å². The van der Waals surface area contributed by atoms with Crippen molar-refractivity contribution in [1.29, 1.82) is 0 Å². The first kappa shape index (κ1) is 18.8. The first-order valence-corrected chi connectivity index (χ1v) is 9.93. The molecule has 146 valence electrons. The third kappa shape index (κ3) is 4.02. The quantitative estimate of drug-likeness (QED) is 0.405. The van der Waals surface area contributed by atoms with Crippen LogP contribution in [0.4, 0.5) is 5.69 Å². The van der Waals surface area contributed by atoms with E-state index in [1.165, 1.54) is 21.9 Å². The van der Waals surface area contributed by atoms with Crippen LogP contribution in [-0.2, 0) is 11.2 Å². The molecule has 4 nitrogen and oxygen atoms in total. The second-order valence-corrected chi connectivity index (χ2v) is 6.90. The predicted octanol–water partition coefficient (Wildman–Crippen LogP) is 5.93. The number of H-pyrrole nitrogens is 1. The highest BCUT2D eigenvalue weighted by molar-refractivity contribution is 6.10. The van der Waals surface area contributed by atoms with E-state index >= 15 is 0 Å². The van der Waals surface area contributed by atoms with Gasteiger partial charge in [0.15, 0.2) is 0 Å². The fourth-order valence-electron chi connectivity index (χ4n) is 3.56. The minimum atomic E-state index is -0.163. The number of aromatic amines is 1. The summed E-state index contributed by atoms with van der Waals surface area (Å²) in [4.78, 5) is 15.8. The van der Waals surface area contributed by atoms with Gasteiger partial charge < -0.3 is 15.0 Å². The van der Waals surface area contributed by atoms with Crippen molar-refractivity contribution < 1.29 is 9.53 Å². The molecule has 0 aliphatic heterocycles. The number of rotatable bonds is 6. The van der Waals surface area contributed by atoms with Crippen LogP contribution in [0.2, 0.25) is 0 Å². The molecule has 0 saturated heterocycles. The molecule has 4 heteroatoms. The molecule has 0 radical (unpaired) electrons. The molecule has 0 spiro atoms. The number of benzene rings is 3. The van der Waals surface area contributed by atoms with Gasteiger partial charge in [-0.3, -0.25) is 4.79 Å². The number of anilines is 1. The Kier molecular flexibility index (Phi) is 5.34. The van der Waals surface area contributed by atoms with E-state index in [4.69, 9.17) is 4.74 Å². The van der Waals surface area contributed by atoms with Crippen molar-refractivity contribution in [3.8, 4) is 5.75 Å². The summed E-state index contributed by atoms with van der Waals surface area (Å²) in [5, 5.41) is 5.32. The minimum Gasteiger partial charge on any atom is -0.494 e. The molecule has 2 N–H and O–H groups in total. The normalized spacial score (nSPS) is 11.4. The maximum atomic E-state index is 12.3. The van der Waals surface area contributed by atoms with Crippen LogP contribution in [0.25, 0.3) is 27.9 Å². The van der Waals surface area contributed by atoms with Crippen molar-refractivity contribution in [2.45, 2.75) is 20.3 Å². The highest BCUT2D eigenvalue weighted by atomic mass is 16.5. The SMILES string of the molecule is CCOc1ccc(/C=C/C(=O)Nc2ccc3c(c2)[nH]c2c(CC)cccc23)cc1. The Morgan fingerprint density at radius 2 is 1.86 bits per heavy atom.